The summed E-state index contributed by atoms with van der Waals surface area (Å²) in [5.74, 6) is 2.43. The second-order valence-electron chi connectivity index (χ2n) is 6.34. The quantitative estimate of drug-likeness (QED) is 0.692. The van der Waals surface area contributed by atoms with Crippen molar-refractivity contribution >= 4 is 0 Å². The average molecular weight is 314 g/mol. The van der Waals surface area contributed by atoms with Crippen LogP contribution in [0.3, 0.4) is 0 Å². The largest absolute Gasteiger partial charge is 0.491 e. The predicted octanol–water partition coefficient (Wildman–Crippen LogP) is 2.88. The summed E-state index contributed by atoms with van der Waals surface area (Å²) in [5, 5.41) is 0. The fourth-order valence-electron chi connectivity index (χ4n) is 2.63. The van der Waals surface area contributed by atoms with Gasteiger partial charge in [0, 0.05) is 0 Å². The maximum Gasteiger partial charge on any atom is 0.119 e. The fourth-order valence-corrected chi connectivity index (χ4v) is 2.63. The maximum absolute atomic E-state index is 5.69. The van der Waals surface area contributed by atoms with Crippen LogP contribution in [0.4, 0.5) is 0 Å². The van der Waals surface area contributed by atoms with Crippen molar-refractivity contribution in [3.8, 4) is 5.75 Å². The highest BCUT2D eigenvalue weighted by Crippen LogP contribution is 2.23. The van der Waals surface area contributed by atoms with E-state index in [1.807, 2.05) is 12.1 Å². The SMILES string of the molecule is C1=CC(Cc2ccc(OCC3CO3)cc2)CC=C1OCC1CO1. The second-order valence-corrected chi connectivity index (χ2v) is 6.34. The summed E-state index contributed by atoms with van der Waals surface area (Å²) in [6.07, 6.45) is 9.19. The molecular formula is C19H22O4. The Hall–Kier alpha value is -1.78. The van der Waals surface area contributed by atoms with Crippen molar-refractivity contribution < 1.29 is 18.9 Å². The number of benzene rings is 1. The van der Waals surface area contributed by atoms with Crippen molar-refractivity contribution in [1.29, 1.82) is 0 Å². The van der Waals surface area contributed by atoms with E-state index in [-0.39, 0.29) is 0 Å². The highest BCUT2D eigenvalue weighted by atomic mass is 16.6. The highest BCUT2D eigenvalue weighted by molar-refractivity contribution is 5.29. The van der Waals surface area contributed by atoms with Crippen LogP contribution < -0.4 is 4.74 Å². The van der Waals surface area contributed by atoms with E-state index in [2.05, 4.69) is 30.4 Å². The smallest absolute Gasteiger partial charge is 0.119 e. The monoisotopic (exact) mass is 314 g/mol. The van der Waals surface area contributed by atoms with E-state index in [1.165, 1.54) is 5.56 Å². The van der Waals surface area contributed by atoms with Gasteiger partial charge in [-0.3, -0.25) is 0 Å². The van der Waals surface area contributed by atoms with Crippen LogP contribution >= 0.6 is 0 Å². The average Bonchev–Trinajstić information content (AvgIpc) is 3.48. The molecule has 4 nitrogen and oxygen atoms in total. The highest BCUT2D eigenvalue weighted by Gasteiger charge is 2.24. The first-order valence-electron chi connectivity index (χ1n) is 8.31. The van der Waals surface area contributed by atoms with E-state index < -0.39 is 0 Å². The summed E-state index contributed by atoms with van der Waals surface area (Å²) in [6.45, 7) is 3.00. The molecule has 1 aromatic carbocycles. The molecule has 4 heteroatoms. The first kappa shape index (κ1) is 14.8. The zero-order chi connectivity index (χ0) is 15.5. The predicted molar refractivity (Wildman–Crippen MR) is 86.4 cm³/mol. The maximum atomic E-state index is 5.69. The number of hydrogen-bond donors (Lipinski definition) is 0. The van der Waals surface area contributed by atoms with Gasteiger partial charge in [0.25, 0.3) is 0 Å². The van der Waals surface area contributed by atoms with E-state index in [0.717, 1.165) is 37.6 Å². The van der Waals surface area contributed by atoms with Crippen LogP contribution in [-0.2, 0) is 20.6 Å². The van der Waals surface area contributed by atoms with Crippen molar-refractivity contribution in [2.75, 3.05) is 26.4 Å². The van der Waals surface area contributed by atoms with Gasteiger partial charge in [0.1, 0.15) is 36.9 Å². The van der Waals surface area contributed by atoms with E-state index in [9.17, 15) is 0 Å². The minimum Gasteiger partial charge on any atom is -0.491 e. The molecule has 0 amide bonds. The molecule has 0 radical (unpaired) electrons. The van der Waals surface area contributed by atoms with Gasteiger partial charge >= 0.3 is 0 Å². The molecule has 2 fully saturated rings. The Morgan fingerprint density at radius 1 is 0.957 bits per heavy atom. The molecule has 3 atom stereocenters. The molecule has 0 spiro atoms. The summed E-state index contributed by atoms with van der Waals surface area (Å²) in [6, 6.07) is 8.39. The molecule has 0 N–H and O–H groups in total. The molecule has 0 aromatic heterocycles. The number of hydrogen-bond acceptors (Lipinski definition) is 4. The van der Waals surface area contributed by atoms with Gasteiger partial charge in [-0.25, -0.2) is 0 Å². The van der Waals surface area contributed by atoms with Crippen LogP contribution in [0.1, 0.15) is 12.0 Å². The van der Waals surface area contributed by atoms with Crippen LogP contribution in [0.5, 0.6) is 5.75 Å². The molecular weight excluding hydrogens is 292 g/mol. The van der Waals surface area contributed by atoms with Gasteiger partial charge in [-0.05, 0) is 48.6 Å². The first-order valence-corrected chi connectivity index (χ1v) is 8.31. The lowest BCUT2D eigenvalue weighted by Gasteiger charge is -2.17. The number of epoxide rings is 2. The van der Waals surface area contributed by atoms with E-state index in [0.29, 0.717) is 31.3 Å². The van der Waals surface area contributed by atoms with Gasteiger partial charge in [-0.15, -0.1) is 0 Å². The molecule has 2 aliphatic heterocycles. The molecule has 23 heavy (non-hydrogen) atoms. The van der Waals surface area contributed by atoms with Gasteiger partial charge in [0.05, 0.1) is 13.2 Å². The molecule has 3 aliphatic rings. The lowest BCUT2D eigenvalue weighted by molar-refractivity contribution is 0.190. The normalized spacial score (nSPS) is 28.2. The third-order valence-corrected chi connectivity index (χ3v) is 4.25. The van der Waals surface area contributed by atoms with Gasteiger partial charge in [0.2, 0.25) is 0 Å². The Bertz CT molecular complexity index is 582. The Morgan fingerprint density at radius 2 is 1.65 bits per heavy atom. The molecule has 0 saturated carbocycles. The summed E-state index contributed by atoms with van der Waals surface area (Å²) >= 11 is 0. The molecule has 0 bridgehead atoms. The summed E-state index contributed by atoms with van der Waals surface area (Å²) in [7, 11) is 0. The second kappa shape index (κ2) is 6.77. The Labute approximate surface area is 136 Å². The van der Waals surface area contributed by atoms with Gasteiger partial charge in [-0.2, -0.15) is 0 Å². The molecule has 1 aromatic rings. The molecule has 3 unspecified atom stereocenters. The zero-order valence-electron chi connectivity index (χ0n) is 13.1. The lowest BCUT2D eigenvalue weighted by Crippen LogP contribution is -2.07. The Morgan fingerprint density at radius 3 is 2.26 bits per heavy atom. The van der Waals surface area contributed by atoms with E-state index in [4.69, 9.17) is 18.9 Å². The standard InChI is InChI=1S/C19H22O4/c1-5-16(20-10-18-12-22-18)6-2-14(1)9-15-3-7-17(8-4-15)21-11-19-13-23-19/h1-3,5-8,15,18-19H,4,9-13H2. The molecule has 2 heterocycles. The van der Waals surface area contributed by atoms with Crippen molar-refractivity contribution in [3.63, 3.8) is 0 Å². The van der Waals surface area contributed by atoms with Gasteiger partial charge in [-0.1, -0.05) is 18.2 Å². The summed E-state index contributed by atoms with van der Waals surface area (Å²) in [4.78, 5) is 0. The third kappa shape index (κ3) is 4.60. The van der Waals surface area contributed by atoms with Crippen LogP contribution in [0.25, 0.3) is 0 Å². The number of rotatable bonds is 8. The van der Waals surface area contributed by atoms with Crippen molar-refractivity contribution in [1.82, 2.24) is 0 Å². The van der Waals surface area contributed by atoms with Crippen LogP contribution in [0.2, 0.25) is 0 Å². The number of ether oxygens (including phenoxy) is 4. The summed E-state index contributed by atoms with van der Waals surface area (Å²) < 4.78 is 21.7. The van der Waals surface area contributed by atoms with Crippen LogP contribution in [0, 0.1) is 5.92 Å². The molecule has 2 saturated heterocycles. The van der Waals surface area contributed by atoms with Crippen molar-refractivity contribution in [2.24, 2.45) is 5.92 Å². The minimum atomic E-state index is 0.303. The van der Waals surface area contributed by atoms with E-state index in [1.54, 1.807) is 0 Å². The zero-order valence-corrected chi connectivity index (χ0v) is 13.1. The fraction of sp³-hybridized carbons (Fsp3) is 0.474. The first-order chi connectivity index (χ1) is 11.3. The summed E-state index contributed by atoms with van der Waals surface area (Å²) in [5.41, 5.74) is 1.33. The molecule has 4 rings (SSSR count). The molecule has 1 aliphatic carbocycles. The number of allylic oxidation sites excluding steroid dienone is 3. The topological polar surface area (TPSA) is 43.5 Å². The lowest BCUT2D eigenvalue weighted by atomic mass is 9.93. The Balaban J connectivity index is 1.22. The Kier molecular flexibility index (Phi) is 4.35. The van der Waals surface area contributed by atoms with Gasteiger partial charge in [0.15, 0.2) is 0 Å². The van der Waals surface area contributed by atoms with Crippen molar-refractivity contribution in [3.05, 3.63) is 53.8 Å². The van der Waals surface area contributed by atoms with E-state index >= 15 is 0 Å². The minimum absolute atomic E-state index is 0.303. The third-order valence-electron chi connectivity index (χ3n) is 4.25. The molecule has 122 valence electrons. The van der Waals surface area contributed by atoms with Crippen molar-refractivity contribution in [2.45, 2.75) is 25.0 Å². The van der Waals surface area contributed by atoms with Crippen LogP contribution in [-0.4, -0.2) is 38.6 Å². The van der Waals surface area contributed by atoms with Gasteiger partial charge < -0.3 is 18.9 Å². The van der Waals surface area contributed by atoms with Crippen LogP contribution in [0.15, 0.2) is 48.3 Å².